The van der Waals surface area contributed by atoms with Gasteiger partial charge in [-0.25, -0.2) is 0 Å². The van der Waals surface area contributed by atoms with Crippen LogP contribution in [0, 0.1) is 0 Å². The summed E-state index contributed by atoms with van der Waals surface area (Å²) in [5, 5.41) is 0. The van der Waals surface area contributed by atoms with Crippen molar-refractivity contribution in [1.82, 2.24) is 9.97 Å². The second-order valence-electron chi connectivity index (χ2n) is 6.91. The summed E-state index contributed by atoms with van der Waals surface area (Å²) in [6.45, 7) is 0. The van der Waals surface area contributed by atoms with Gasteiger partial charge in [-0.2, -0.15) is 0 Å². The second kappa shape index (κ2) is 6.20. The molecule has 0 atom stereocenters. The van der Waals surface area contributed by atoms with E-state index in [-0.39, 0.29) is 0 Å². The van der Waals surface area contributed by atoms with Gasteiger partial charge >= 0.3 is 0 Å². The fourth-order valence-corrected chi connectivity index (χ4v) is 4.20. The predicted molar refractivity (Wildman–Crippen MR) is 89.9 cm³/mol. The molecule has 0 spiro atoms. The molecule has 0 radical (unpaired) electrons. The fourth-order valence-electron chi connectivity index (χ4n) is 4.20. The van der Waals surface area contributed by atoms with E-state index in [0.717, 1.165) is 23.2 Å². The molecule has 4 rings (SSSR count). The molecule has 0 aliphatic heterocycles. The number of pyridine rings is 2. The topological polar surface area (TPSA) is 25.8 Å². The van der Waals surface area contributed by atoms with E-state index in [2.05, 4.69) is 34.2 Å². The average molecular weight is 292 g/mol. The predicted octanol–water partition coefficient (Wildman–Crippen LogP) is 5.46. The van der Waals surface area contributed by atoms with E-state index in [4.69, 9.17) is 0 Å². The third-order valence-electron chi connectivity index (χ3n) is 5.48. The molecule has 2 fully saturated rings. The minimum atomic E-state index is 0.736. The highest BCUT2D eigenvalue weighted by Gasteiger charge is 2.19. The van der Waals surface area contributed by atoms with Gasteiger partial charge in [0, 0.05) is 12.4 Å². The Morgan fingerprint density at radius 2 is 1.05 bits per heavy atom. The van der Waals surface area contributed by atoms with Crippen LogP contribution in [-0.2, 0) is 0 Å². The van der Waals surface area contributed by atoms with Crippen molar-refractivity contribution in [2.45, 2.75) is 63.2 Å². The Morgan fingerprint density at radius 1 is 0.636 bits per heavy atom. The van der Waals surface area contributed by atoms with Crippen LogP contribution in [-0.4, -0.2) is 9.97 Å². The highest BCUT2D eigenvalue weighted by atomic mass is 14.8. The lowest BCUT2D eigenvalue weighted by molar-refractivity contribution is 0.720. The number of nitrogens with zero attached hydrogens (tertiary/aromatic N) is 2. The van der Waals surface area contributed by atoms with Crippen molar-refractivity contribution in [3.63, 3.8) is 0 Å². The Labute approximate surface area is 133 Å². The zero-order valence-electron chi connectivity index (χ0n) is 13.2. The van der Waals surface area contributed by atoms with Crippen molar-refractivity contribution in [3.8, 4) is 11.4 Å². The maximum Gasteiger partial charge on any atom is 0.0889 e. The highest BCUT2D eigenvalue weighted by Crippen LogP contribution is 2.36. The van der Waals surface area contributed by atoms with Crippen LogP contribution in [0.5, 0.6) is 0 Å². The third-order valence-corrected chi connectivity index (χ3v) is 5.48. The lowest BCUT2D eigenvalue weighted by Crippen LogP contribution is -1.97. The number of hydrogen-bond acceptors (Lipinski definition) is 2. The summed E-state index contributed by atoms with van der Waals surface area (Å²) in [4.78, 5) is 9.17. The summed E-state index contributed by atoms with van der Waals surface area (Å²) in [6.07, 6.45) is 14.8. The molecule has 2 aromatic rings. The summed E-state index contributed by atoms with van der Waals surface area (Å²) in [5.41, 5.74) is 5.00. The number of rotatable bonds is 3. The van der Waals surface area contributed by atoms with Crippen molar-refractivity contribution in [2.24, 2.45) is 0 Å². The van der Waals surface area contributed by atoms with Gasteiger partial charge < -0.3 is 0 Å². The first-order valence-electron chi connectivity index (χ1n) is 8.82. The van der Waals surface area contributed by atoms with Crippen LogP contribution < -0.4 is 0 Å². The Kier molecular flexibility index (Phi) is 3.92. The van der Waals surface area contributed by atoms with Crippen molar-refractivity contribution < 1.29 is 0 Å². The van der Waals surface area contributed by atoms with Gasteiger partial charge in [0.1, 0.15) is 0 Å². The Morgan fingerprint density at radius 3 is 1.45 bits per heavy atom. The van der Waals surface area contributed by atoms with Crippen molar-refractivity contribution in [3.05, 3.63) is 47.8 Å². The molecular formula is C20H24N2. The zero-order chi connectivity index (χ0) is 14.8. The van der Waals surface area contributed by atoms with Gasteiger partial charge in [0.2, 0.25) is 0 Å². The molecule has 2 saturated carbocycles. The molecule has 114 valence electrons. The van der Waals surface area contributed by atoms with Crippen molar-refractivity contribution in [2.75, 3.05) is 0 Å². The molecule has 2 aliphatic rings. The largest absolute Gasteiger partial charge is 0.255 e. The molecule has 0 unspecified atom stereocenters. The van der Waals surface area contributed by atoms with Crippen LogP contribution in [0.2, 0.25) is 0 Å². The molecule has 0 N–H and O–H groups in total. The summed E-state index contributed by atoms with van der Waals surface area (Å²) < 4.78 is 0. The highest BCUT2D eigenvalue weighted by molar-refractivity contribution is 5.56. The van der Waals surface area contributed by atoms with E-state index in [0.29, 0.717) is 0 Å². The minimum absolute atomic E-state index is 0.736. The van der Waals surface area contributed by atoms with Crippen molar-refractivity contribution >= 4 is 0 Å². The maximum atomic E-state index is 4.59. The van der Waals surface area contributed by atoms with Gasteiger partial charge in [-0.15, -0.1) is 0 Å². The van der Waals surface area contributed by atoms with Gasteiger partial charge in [0.05, 0.1) is 11.4 Å². The van der Waals surface area contributed by atoms with Gasteiger partial charge in [0.25, 0.3) is 0 Å². The monoisotopic (exact) mass is 292 g/mol. The third kappa shape index (κ3) is 2.79. The standard InChI is InChI=1S/C20H24N2/c1-2-6-15(5-1)17-9-11-21-19(13-17)20-14-18(10-12-22-20)16-7-3-4-8-16/h9-16H,1-8H2. The van der Waals surface area contributed by atoms with Gasteiger partial charge in [-0.3, -0.25) is 9.97 Å². The molecule has 2 aromatic heterocycles. The number of hydrogen-bond donors (Lipinski definition) is 0. The molecule has 2 heterocycles. The second-order valence-corrected chi connectivity index (χ2v) is 6.91. The first kappa shape index (κ1) is 13.9. The lowest BCUT2D eigenvalue weighted by Gasteiger charge is -2.12. The maximum absolute atomic E-state index is 4.59. The summed E-state index contributed by atoms with van der Waals surface area (Å²) in [5.74, 6) is 1.47. The number of aromatic nitrogens is 2. The minimum Gasteiger partial charge on any atom is -0.255 e. The molecule has 22 heavy (non-hydrogen) atoms. The Hall–Kier alpha value is -1.70. The van der Waals surface area contributed by atoms with Crippen LogP contribution in [0.3, 0.4) is 0 Å². The molecular weight excluding hydrogens is 268 g/mol. The summed E-state index contributed by atoms with van der Waals surface area (Å²) in [6, 6.07) is 8.94. The SMILES string of the molecule is c1cc(C2CCCC2)cc(-c2cc(C3CCCC3)ccn2)n1. The first-order chi connectivity index (χ1) is 10.9. The molecule has 2 aliphatic carbocycles. The lowest BCUT2D eigenvalue weighted by atomic mass is 9.96. The molecule has 0 saturated heterocycles. The fraction of sp³-hybridized carbons (Fsp3) is 0.500. The zero-order valence-corrected chi connectivity index (χ0v) is 13.2. The van der Waals surface area contributed by atoms with E-state index in [1.54, 1.807) is 0 Å². The van der Waals surface area contributed by atoms with Crippen LogP contribution in [0.25, 0.3) is 11.4 Å². The van der Waals surface area contributed by atoms with Crippen LogP contribution in [0.15, 0.2) is 36.7 Å². The van der Waals surface area contributed by atoms with Crippen molar-refractivity contribution in [1.29, 1.82) is 0 Å². The molecule has 2 nitrogen and oxygen atoms in total. The van der Waals surface area contributed by atoms with Crippen LogP contribution in [0.4, 0.5) is 0 Å². The van der Waals surface area contributed by atoms with Crippen LogP contribution >= 0.6 is 0 Å². The molecule has 0 aromatic carbocycles. The van der Waals surface area contributed by atoms with E-state index in [9.17, 15) is 0 Å². The van der Waals surface area contributed by atoms with E-state index >= 15 is 0 Å². The normalized spacial score (nSPS) is 19.8. The summed E-state index contributed by atoms with van der Waals surface area (Å²) in [7, 11) is 0. The Balaban J connectivity index is 1.63. The van der Waals surface area contributed by atoms with Gasteiger partial charge in [0.15, 0.2) is 0 Å². The first-order valence-corrected chi connectivity index (χ1v) is 8.82. The average Bonchev–Trinajstić information content (AvgIpc) is 3.29. The van der Waals surface area contributed by atoms with Gasteiger partial charge in [-0.1, -0.05) is 25.7 Å². The van der Waals surface area contributed by atoms with Gasteiger partial charge in [-0.05, 0) is 72.9 Å². The quantitative estimate of drug-likeness (QED) is 0.750. The summed E-state index contributed by atoms with van der Waals surface area (Å²) >= 11 is 0. The van der Waals surface area contributed by atoms with E-state index in [1.165, 1.54) is 62.5 Å². The van der Waals surface area contributed by atoms with E-state index < -0.39 is 0 Å². The molecule has 2 heteroatoms. The smallest absolute Gasteiger partial charge is 0.0889 e. The Bertz CT molecular complexity index is 580. The molecule has 0 amide bonds. The molecule has 0 bridgehead atoms. The van der Waals surface area contributed by atoms with Crippen LogP contribution in [0.1, 0.15) is 74.3 Å². The van der Waals surface area contributed by atoms with E-state index in [1.807, 2.05) is 12.4 Å².